The van der Waals surface area contributed by atoms with Gasteiger partial charge < -0.3 is 4.90 Å². The van der Waals surface area contributed by atoms with Crippen molar-refractivity contribution in [3.8, 4) is 0 Å². The molecular weight excluding hydrogens is 708 g/mol. The summed E-state index contributed by atoms with van der Waals surface area (Å²) >= 11 is 7.24. The molecule has 0 atom stereocenters. The fraction of sp³-hybridized carbons (Fsp3) is 0.283. The summed E-state index contributed by atoms with van der Waals surface area (Å²) in [5.41, 5.74) is 7.07. The Bertz CT molecular complexity index is 2480. The molecule has 9 heteroatoms. The summed E-state index contributed by atoms with van der Waals surface area (Å²) in [7, 11) is 0. The molecule has 4 aromatic carbocycles. The van der Waals surface area contributed by atoms with E-state index in [0.29, 0.717) is 5.03 Å². The Morgan fingerprint density at radius 3 is 2.04 bits per heavy atom. The number of halogens is 1. The molecule has 0 fully saturated rings. The molecule has 0 radical (unpaired) electrons. The van der Waals surface area contributed by atoms with Crippen molar-refractivity contribution < 1.29 is 23.8 Å². The van der Waals surface area contributed by atoms with E-state index in [1.54, 1.807) is 0 Å². The number of carbonyl (C=O) groups excluding carboxylic acids is 4. The number of fused-ring (bicyclic) bond motifs is 6. The molecule has 0 saturated heterocycles. The molecule has 4 aromatic rings. The molecule has 7 rings (SSSR count). The van der Waals surface area contributed by atoms with Gasteiger partial charge in [-0.2, -0.15) is 4.58 Å². The van der Waals surface area contributed by atoms with Crippen molar-refractivity contribution in [3.05, 3.63) is 130 Å². The molecule has 2 heterocycles. The second kappa shape index (κ2) is 14.6. The first-order valence-corrected chi connectivity index (χ1v) is 19.1. The SMILES string of the molecule is CC(=O)NC(=O)CN1/C(=C/C=C2\CCCC(/C=C/C3=[N+](CC(=O)NC(C)=O)c4ccc5ccccc5c4C3(C)C)=C2Cl)C(C)(C)c2c1ccc1ccccc21. The fourth-order valence-corrected chi connectivity index (χ4v) is 9.05. The molecule has 0 bridgehead atoms. The number of hydrogen-bond donors (Lipinski definition) is 2. The first kappa shape index (κ1) is 37.7. The van der Waals surface area contributed by atoms with Crippen LogP contribution in [0.2, 0.25) is 0 Å². The highest BCUT2D eigenvalue weighted by Crippen LogP contribution is 2.51. The molecule has 0 saturated carbocycles. The summed E-state index contributed by atoms with van der Waals surface area (Å²) in [6.45, 7) is 11.3. The van der Waals surface area contributed by atoms with Crippen LogP contribution in [0, 0.1) is 0 Å². The molecule has 2 aliphatic heterocycles. The Hall–Kier alpha value is -5.60. The van der Waals surface area contributed by atoms with E-state index in [1.165, 1.54) is 13.8 Å². The third-order valence-corrected chi connectivity index (χ3v) is 11.6. The number of nitrogens with zero attached hydrogens (tertiary/aromatic N) is 2. The number of imide groups is 2. The number of hydrogen-bond acceptors (Lipinski definition) is 5. The van der Waals surface area contributed by atoms with Gasteiger partial charge in [0, 0.05) is 53.4 Å². The Kier molecular flexibility index (Phi) is 9.99. The maximum atomic E-state index is 13.0. The van der Waals surface area contributed by atoms with Crippen LogP contribution in [0.3, 0.4) is 0 Å². The zero-order chi connectivity index (χ0) is 39.2. The van der Waals surface area contributed by atoms with Crippen LogP contribution in [-0.2, 0) is 30.0 Å². The van der Waals surface area contributed by atoms with E-state index in [0.717, 1.165) is 85.9 Å². The van der Waals surface area contributed by atoms with Crippen molar-refractivity contribution in [2.45, 2.75) is 71.6 Å². The number of allylic oxidation sites excluding steroid dienone is 8. The second-order valence-corrected chi connectivity index (χ2v) is 16.0. The minimum Gasteiger partial charge on any atom is -0.335 e. The minimum atomic E-state index is -0.459. The van der Waals surface area contributed by atoms with Gasteiger partial charge in [-0.1, -0.05) is 92.2 Å². The lowest BCUT2D eigenvalue weighted by Gasteiger charge is -2.27. The topological polar surface area (TPSA) is 98.6 Å². The molecule has 3 aliphatic rings. The van der Waals surface area contributed by atoms with Crippen LogP contribution < -0.4 is 15.5 Å². The monoisotopic (exact) mass is 753 g/mol. The highest BCUT2D eigenvalue weighted by molar-refractivity contribution is 6.32. The molecule has 4 amide bonds. The quantitative estimate of drug-likeness (QED) is 0.185. The summed E-state index contributed by atoms with van der Waals surface area (Å²) in [4.78, 5) is 51.7. The largest absolute Gasteiger partial charge is 0.335 e. The summed E-state index contributed by atoms with van der Waals surface area (Å²) in [5.74, 6) is -1.54. The van der Waals surface area contributed by atoms with Crippen molar-refractivity contribution in [3.63, 3.8) is 0 Å². The summed E-state index contributed by atoms with van der Waals surface area (Å²) in [6, 6.07) is 24.8. The van der Waals surface area contributed by atoms with Crippen LogP contribution in [-0.4, -0.2) is 47.0 Å². The molecule has 0 unspecified atom stereocenters. The smallest absolute Gasteiger partial charge is 0.292 e. The molecule has 55 heavy (non-hydrogen) atoms. The number of rotatable bonds is 7. The van der Waals surface area contributed by atoms with Crippen LogP contribution in [0.25, 0.3) is 21.5 Å². The number of benzene rings is 4. The van der Waals surface area contributed by atoms with Gasteiger partial charge in [-0.05, 0) is 89.6 Å². The van der Waals surface area contributed by atoms with Gasteiger partial charge in [-0.15, -0.1) is 0 Å². The zero-order valence-electron chi connectivity index (χ0n) is 32.2. The number of anilines is 1. The van der Waals surface area contributed by atoms with Gasteiger partial charge in [-0.25, -0.2) is 0 Å². The normalized spacial score (nSPS) is 18.8. The van der Waals surface area contributed by atoms with Crippen LogP contribution >= 0.6 is 11.6 Å². The lowest BCUT2D eigenvalue weighted by Crippen LogP contribution is -2.39. The molecule has 280 valence electrons. The van der Waals surface area contributed by atoms with Crippen molar-refractivity contribution >= 4 is 73.9 Å². The van der Waals surface area contributed by atoms with E-state index >= 15 is 0 Å². The lowest BCUT2D eigenvalue weighted by atomic mass is 9.78. The predicted octanol–water partition coefficient (Wildman–Crippen LogP) is 8.54. The van der Waals surface area contributed by atoms with Gasteiger partial charge in [0.25, 0.3) is 5.91 Å². The molecule has 0 spiro atoms. The predicted molar refractivity (Wildman–Crippen MR) is 221 cm³/mol. The number of amides is 4. The Morgan fingerprint density at radius 2 is 1.36 bits per heavy atom. The van der Waals surface area contributed by atoms with Gasteiger partial charge in [0.05, 0.1) is 5.41 Å². The summed E-state index contributed by atoms with van der Waals surface area (Å²) in [6.07, 6.45) is 10.8. The average Bonchev–Trinajstić information content (AvgIpc) is 3.47. The third kappa shape index (κ3) is 6.96. The Balaban J connectivity index is 1.28. The third-order valence-electron chi connectivity index (χ3n) is 11.1. The average molecular weight is 754 g/mol. The van der Waals surface area contributed by atoms with E-state index in [-0.39, 0.29) is 24.9 Å². The van der Waals surface area contributed by atoms with E-state index in [2.05, 4.69) is 111 Å². The summed E-state index contributed by atoms with van der Waals surface area (Å²) < 4.78 is 2.01. The second-order valence-electron chi connectivity index (χ2n) is 15.6. The Labute approximate surface area is 326 Å². The first-order chi connectivity index (χ1) is 26.2. The van der Waals surface area contributed by atoms with Gasteiger partial charge in [0.1, 0.15) is 6.54 Å². The zero-order valence-corrected chi connectivity index (χ0v) is 32.9. The number of nitrogens with one attached hydrogen (secondary N) is 2. The van der Waals surface area contributed by atoms with Crippen LogP contribution in [0.4, 0.5) is 11.4 Å². The van der Waals surface area contributed by atoms with E-state index in [4.69, 9.17) is 11.6 Å². The van der Waals surface area contributed by atoms with Gasteiger partial charge in [0.15, 0.2) is 5.71 Å². The minimum absolute atomic E-state index is 0.00602. The molecule has 0 aromatic heterocycles. The van der Waals surface area contributed by atoms with Crippen LogP contribution in [0.15, 0.2) is 119 Å². The maximum Gasteiger partial charge on any atom is 0.292 e. The number of carbonyl (C=O) groups is 4. The van der Waals surface area contributed by atoms with E-state index < -0.39 is 22.6 Å². The summed E-state index contributed by atoms with van der Waals surface area (Å²) in [5, 5.41) is 10.0. The lowest BCUT2D eigenvalue weighted by molar-refractivity contribution is -0.425. The van der Waals surface area contributed by atoms with Crippen molar-refractivity contribution in [2.24, 2.45) is 0 Å². The van der Waals surface area contributed by atoms with Crippen molar-refractivity contribution in [1.29, 1.82) is 0 Å². The highest BCUT2D eigenvalue weighted by Gasteiger charge is 2.46. The van der Waals surface area contributed by atoms with Crippen molar-refractivity contribution in [2.75, 3.05) is 18.0 Å². The molecule has 1 aliphatic carbocycles. The highest BCUT2D eigenvalue weighted by atomic mass is 35.5. The van der Waals surface area contributed by atoms with E-state index in [9.17, 15) is 19.2 Å². The molecular formula is C46H46ClN4O4+. The van der Waals surface area contributed by atoms with E-state index in [1.807, 2.05) is 33.7 Å². The molecule has 2 N–H and O–H groups in total. The van der Waals surface area contributed by atoms with Crippen LogP contribution in [0.5, 0.6) is 0 Å². The maximum absolute atomic E-state index is 13.0. The van der Waals surface area contributed by atoms with Crippen molar-refractivity contribution in [1.82, 2.24) is 10.6 Å². The van der Waals surface area contributed by atoms with Gasteiger partial charge in [-0.3, -0.25) is 29.8 Å². The van der Waals surface area contributed by atoms with Crippen LogP contribution in [0.1, 0.15) is 71.9 Å². The van der Waals surface area contributed by atoms with Gasteiger partial charge in [0.2, 0.25) is 30.0 Å². The van der Waals surface area contributed by atoms with Gasteiger partial charge >= 0.3 is 0 Å². The Morgan fingerprint density at radius 1 is 0.745 bits per heavy atom. The molecule has 8 nitrogen and oxygen atoms in total. The fourth-order valence-electron chi connectivity index (χ4n) is 8.74. The first-order valence-electron chi connectivity index (χ1n) is 18.7. The standard InChI is InChI=1S/C46H45ClN4O4/c1-28(52)48-40(54)26-50-36-22-18-30-12-7-9-16-34(30)42(36)45(3,4)38(50)24-20-32-14-11-15-33(44(32)47)21-25-39-46(5,6)43-35-17-10-8-13-31(35)19-23-37(43)51(39)27-41(55)49-29(2)53/h7-10,12-13,16-25H,11,14-15,26-27H2,1-6H3,(H-,48,49,52,53,54,55)/p+1.